The minimum Gasteiger partial charge on any atom is -0.243 e. The van der Waals surface area contributed by atoms with Crippen molar-refractivity contribution < 1.29 is 0 Å². The molecule has 3 aromatic heterocycles. The molecule has 3 heterocycles. The van der Waals surface area contributed by atoms with Gasteiger partial charge in [-0.25, -0.2) is 34.9 Å². The molecule has 0 atom stereocenters. The Morgan fingerprint density at radius 3 is 0.627 bits per heavy atom. The molecule has 0 aliphatic rings. The summed E-state index contributed by atoms with van der Waals surface area (Å²) in [5, 5.41) is 4.87. The first-order valence-electron chi connectivity index (χ1n) is 37.1. The second-order valence-corrected chi connectivity index (χ2v) is 27.4. The minimum atomic E-state index is 0.557. The molecule has 7 nitrogen and oxygen atoms in total. The molecule has 19 aromatic rings. The van der Waals surface area contributed by atoms with Crippen LogP contribution in [0, 0.1) is 0 Å². The predicted octanol–water partition coefficient (Wildman–Crippen LogP) is 26.4. The van der Waals surface area contributed by atoms with E-state index in [0.29, 0.717) is 17.5 Å². The van der Waals surface area contributed by atoms with Crippen LogP contribution in [0.3, 0.4) is 0 Å². The number of nitrogens with zero attached hydrogens (tertiary/aromatic N) is 7. The molecule has 16 aromatic carbocycles. The fraction of sp³-hybridized carbons (Fsp3) is 0. The molecule has 0 unspecified atom stereocenters. The molecule has 19 rings (SSSR count). The summed E-state index contributed by atoms with van der Waals surface area (Å²) in [6.07, 6.45) is 0. The van der Waals surface area contributed by atoms with E-state index in [1.54, 1.807) is 0 Å². The Labute approximate surface area is 638 Å². The van der Waals surface area contributed by atoms with Gasteiger partial charge in [-0.1, -0.05) is 376 Å². The molecular formula is C103H67N7. The highest BCUT2D eigenvalue weighted by Crippen LogP contribution is 2.47. The lowest BCUT2D eigenvalue weighted by atomic mass is 9.85. The normalized spacial score (nSPS) is 11.3. The molecule has 0 saturated carbocycles. The molecule has 514 valence electrons. The van der Waals surface area contributed by atoms with Crippen LogP contribution in [0.25, 0.3) is 201 Å². The van der Waals surface area contributed by atoms with E-state index >= 15 is 0 Å². The average Bonchev–Trinajstić information content (AvgIpc) is 0.739. The maximum absolute atomic E-state index is 5.76. The summed E-state index contributed by atoms with van der Waals surface area (Å²) < 4.78 is 0. The zero-order valence-corrected chi connectivity index (χ0v) is 59.8. The number of hydrogen-bond acceptors (Lipinski definition) is 7. The van der Waals surface area contributed by atoms with E-state index in [2.05, 4.69) is 334 Å². The zero-order chi connectivity index (χ0) is 73.1. The molecule has 0 aliphatic carbocycles. The molecule has 0 aliphatic heterocycles. The van der Waals surface area contributed by atoms with Gasteiger partial charge in [-0.05, 0) is 108 Å². The van der Waals surface area contributed by atoms with Crippen molar-refractivity contribution in [1.82, 2.24) is 34.9 Å². The van der Waals surface area contributed by atoms with Gasteiger partial charge in [0, 0.05) is 61.2 Å². The van der Waals surface area contributed by atoms with Crippen molar-refractivity contribution in [3.8, 4) is 180 Å². The second kappa shape index (κ2) is 29.3. The fourth-order valence-electron chi connectivity index (χ4n) is 15.2. The summed E-state index contributed by atoms with van der Waals surface area (Å²) in [5.41, 5.74) is 27.7. The van der Waals surface area contributed by atoms with Crippen LogP contribution < -0.4 is 0 Å². The minimum absolute atomic E-state index is 0.557. The Kier molecular flexibility index (Phi) is 17.5. The van der Waals surface area contributed by atoms with Crippen molar-refractivity contribution in [2.45, 2.75) is 0 Å². The molecule has 110 heavy (non-hydrogen) atoms. The number of fused-ring (bicyclic) bond motifs is 2. The number of aromatic nitrogens is 7. The summed E-state index contributed by atoms with van der Waals surface area (Å²) in [6, 6.07) is 142. The molecule has 7 heteroatoms. The van der Waals surface area contributed by atoms with Crippen LogP contribution in [-0.4, -0.2) is 34.9 Å². The highest BCUT2D eigenvalue weighted by Gasteiger charge is 2.25. The Bertz CT molecular complexity index is 6540. The standard InChI is InChI=1S/C103H67N7/c1-8-31-69(32-9-1)91-87-55-22-24-57-89(87)92(90-58-25-23-56-88(90)91)82-50-26-46-78(63-82)79-47-28-53-85(65-79)100-99(106-95(72-37-14-4-15-38-72)96(107-100)73-39-16-5-17-40-73)83-51-27-45-77(64-83)68-59-61-76(62-60-68)102-108-101(75-43-20-7-21-44-75)109-103(110-102)86-54-30-49-81(67-86)80-48-29-52-84(66-80)98-97(74-41-18-6-19-42-74)104-93(70-33-10-2-11-34-70)94(105-98)71-35-12-3-13-36-71/h1-67H. The third-order valence-electron chi connectivity index (χ3n) is 20.5. The Hall–Kier alpha value is -14.8. The van der Waals surface area contributed by atoms with Gasteiger partial charge in [0.2, 0.25) is 0 Å². The van der Waals surface area contributed by atoms with Crippen LogP contribution in [0.4, 0.5) is 0 Å². The Morgan fingerprint density at radius 1 is 0.109 bits per heavy atom. The van der Waals surface area contributed by atoms with Gasteiger partial charge in [-0.15, -0.1) is 0 Å². The van der Waals surface area contributed by atoms with E-state index in [1.807, 2.05) is 72.8 Å². The van der Waals surface area contributed by atoms with Gasteiger partial charge in [0.1, 0.15) is 0 Å². The highest BCUT2D eigenvalue weighted by molar-refractivity contribution is 6.21. The summed E-state index contributed by atoms with van der Waals surface area (Å²) in [4.78, 5) is 38.3. The first-order chi connectivity index (χ1) is 54.5. The van der Waals surface area contributed by atoms with Gasteiger partial charge in [0.05, 0.1) is 45.6 Å². The van der Waals surface area contributed by atoms with Crippen LogP contribution in [0.2, 0.25) is 0 Å². The van der Waals surface area contributed by atoms with Gasteiger partial charge in [0.25, 0.3) is 0 Å². The maximum atomic E-state index is 5.76. The van der Waals surface area contributed by atoms with Crippen molar-refractivity contribution in [2.24, 2.45) is 0 Å². The van der Waals surface area contributed by atoms with Crippen molar-refractivity contribution in [2.75, 3.05) is 0 Å². The Balaban J connectivity index is 0.680. The Morgan fingerprint density at radius 2 is 0.300 bits per heavy atom. The maximum Gasteiger partial charge on any atom is 0.164 e. The van der Waals surface area contributed by atoms with Crippen LogP contribution >= 0.6 is 0 Å². The van der Waals surface area contributed by atoms with Crippen LogP contribution in [0.15, 0.2) is 406 Å². The average molecular weight is 1400 g/mol. The lowest BCUT2D eigenvalue weighted by Crippen LogP contribution is -2.01. The van der Waals surface area contributed by atoms with E-state index in [9.17, 15) is 0 Å². The van der Waals surface area contributed by atoms with E-state index in [4.69, 9.17) is 34.9 Å². The molecule has 0 bridgehead atoms. The topological polar surface area (TPSA) is 90.2 Å². The molecule has 0 fully saturated rings. The van der Waals surface area contributed by atoms with Gasteiger partial charge >= 0.3 is 0 Å². The van der Waals surface area contributed by atoms with Crippen molar-refractivity contribution in [3.05, 3.63) is 406 Å². The number of benzene rings is 16. The molecule has 0 radical (unpaired) electrons. The molecule has 0 saturated heterocycles. The molecular weight excluding hydrogens is 1340 g/mol. The molecule has 0 amide bonds. The number of hydrogen-bond donors (Lipinski definition) is 0. The van der Waals surface area contributed by atoms with Crippen LogP contribution in [0.1, 0.15) is 0 Å². The van der Waals surface area contributed by atoms with E-state index < -0.39 is 0 Å². The first kappa shape index (κ1) is 65.9. The predicted molar refractivity (Wildman–Crippen MR) is 453 cm³/mol. The summed E-state index contributed by atoms with van der Waals surface area (Å²) in [6.45, 7) is 0. The van der Waals surface area contributed by atoms with Gasteiger partial charge < -0.3 is 0 Å². The molecule has 0 N–H and O–H groups in total. The quantitative estimate of drug-likeness (QED) is 0.0890. The molecule has 0 spiro atoms. The van der Waals surface area contributed by atoms with Gasteiger partial charge in [-0.3, -0.25) is 0 Å². The highest BCUT2D eigenvalue weighted by atomic mass is 15.0. The lowest BCUT2D eigenvalue weighted by Gasteiger charge is -2.18. The first-order valence-corrected chi connectivity index (χ1v) is 37.1. The second-order valence-electron chi connectivity index (χ2n) is 27.4. The summed E-state index contributed by atoms with van der Waals surface area (Å²) in [5.74, 6) is 1.69. The SMILES string of the molecule is c1ccc(-c2nc(-c3ccc(-c4cccc(-c5nc(-c6ccccc6)c(-c6ccccc6)nc5-c5cccc(-c6cccc(-c7c8ccccc8c(-c8ccccc8)c8ccccc78)c6)c5)c4)cc3)nc(-c3cccc(-c4cccc(-c5nc(-c6ccccc6)c(-c6ccccc6)nc5-c5ccccc5)c4)c3)n2)cc1. The van der Waals surface area contributed by atoms with Gasteiger partial charge in [0.15, 0.2) is 17.5 Å². The van der Waals surface area contributed by atoms with Crippen LogP contribution in [-0.2, 0) is 0 Å². The fourth-order valence-corrected chi connectivity index (χ4v) is 15.2. The van der Waals surface area contributed by atoms with Crippen molar-refractivity contribution >= 4 is 21.5 Å². The third kappa shape index (κ3) is 13.0. The smallest absolute Gasteiger partial charge is 0.164 e. The van der Waals surface area contributed by atoms with E-state index in [1.165, 1.54) is 38.2 Å². The van der Waals surface area contributed by atoms with Gasteiger partial charge in [-0.2, -0.15) is 0 Å². The largest absolute Gasteiger partial charge is 0.243 e. The van der Waals surface area contributed by atoms with Crippen LogP contribution in [0.5, 0.6) is 0 Å². The monoisotopic (exact) mass is 1400 g/mol. The van der Waals surface area contributed by atoms with Crippen molar-refractivity contribution in [3.63, 3.8) is 0 Å². The lowest BCUT2D eigenvalue weighted by molar-refractivity contribution is 1.07. The summed E-state index contributed by atoms with van der Waals surface area (Å²) >= 11 is 0. The van der Waals surface area contributed by atoms with E-state index in [0.717, 1.165) is 146 Å². The van der Waals surface area contributed by atoms with Crippen molar-refractivity contribution in [1.29, 1.82) is 0 Å². The zero-order valence-electron chi connectivity index (χ0n) is 59.8. The number of rotatable bonds is 16. The third-order valence-corrected chi connectivity index (χ3v) is 20.5. The summed E-state index contributed by atoms with van der Waals surface area (Å²) in [7, 11) is 0. The van der Waals surface area contributed by atoms with E-state index in [-0.39, 0.29) is 0 Å².